The molecule has 0 saturated carbocycles. The van der Waals surface area contributed by atoms with Crippen molar-refractivity contribution in [3.8, 4) is 0 Å². The first kappa shape index (κ1) is 20.2. The van der Waals surface area contributed by atoms with E-state index in [0.717, 1.165) is 18.8 Å². The zero-order chi connectivity index (χ0) is 18.9. The summed E-state index contributed by atoms with van der Waals surface area (Å²) in [5.74, 6) is 1.57. The lowest BCUT2D eigenvalue weighted by Crippen LogP contribution is -2.42. The van der Waals surface area contributed by atoms with Crippen LogP contribution >= 0.6 is 11.8 Å². The van der Waals surface area contributed by atoms with Crippen molar-refractivity contribution in [1.82, 2.24) is 15.1 Å². The fourth-order valence-corrected chi connectivity index (χ4v) is 4.26. The largest absolute Gasteiger partial charge is 0.468 e. The van der Waals surface area contributed by atoms with Gasteiger partial charge in [0.1, 0.15) is 5.76 Å². The number of furan rings is 1. The Morgan fingerprint density at radius 3 is 2.59 bits per heavy atom. The molecule has 8 heteroatoms. The number of carbonyl (C=O) groups is 2. The van der Waals surface area contributed by atoms with E-state index in [9.17, 15) is 9.59 Å². The normalized spacial score (nSPS) is 19.6. The Labute approximate surface area is 164 Å². The Hall–Kier alpha value is -1.51. The standard InChI is InChI=1S/C19H29N3O4S/c23-18(14-27-15-19(24)22-8-11-25-12-9-22)20-13-16(17-5-4-10-26-17)21-6-2-1-3-7-21/h4-5,10,16H,1-3,6-9,11-15H2,(H,20,23). The van der Waals surface area contributed by atoms with E-state index < -0.39 is 0 Å². The molecule has 1 N–H and O–H groups in total. The molecule has 3 rings (SSSR count). The van der Waals surface area contributed by atoms with E-state index >= 15 is 0 Å². The van der Waals surface area contributed by atoms with Crippen molar-refractivity contribution in [2.75, 3.05) is 57.4 Å². The number of nitrogens with one attached hydrogen (secondary N) is 1. The molecule has 2 aliphatic heterocycles. The Kier molecular flexibility index (Phi) is 8.04. The molecule has 0 radical (unpaired) electrons. The highest BCUT2D eigenvalue weighted by molar-refractivity contribution is 8.00. The number of hydrogen-bond acceptors (Lipinski definition) is 6. The van der Waals surface area contributed by atoms with Crippen LogP contribution in [0, 0.1) is 0 Å². The zero-order valence-corrected chi connectivity index (χ0v) is 16.5. The first-order valence-electron chi connectivity index (χ1n) is 9.71. The van der Waals surface area contributed by atoms with Gasteiger partial charge in [0.2, 0.25) is 11.8 Å². The lowest BCUT2D eigenvalue weighted by atomic mass is 10.1. The molecule has 0 spiro atoms. The summed E-state index contributed by atoms with van der Waals surface area (Å²) in [4.78, 5) is 28.5. The molecular formula is C19H29N3O4S. The minimum absolute atomic E-state index is 0.0386. The molecule has 1 aromatic rings. The van der Waals surface area contributed by atoms with E-state index in [-0.39, 0.29) is 17.9 Å². The summed E-state index contributed by atoms with van der Waals surface area (Å²) >= 11 is 1.37. The molecular weight excluding hydrogens is 366 g/mol. The molecule has 2 amide bonds. The van der Waals surface area contributed by atoms with E-state index in [1.807, 2.05) is 12.1 Å². The van der Waals surface area contributed by atoms with Gasteiger partial charge in [-0.3, -0.25) is 14.5 Å². The lowest BCUT2D eigenvalue weighted by molar-refractivity contribution is -0.132. The van der Waals surface area contributed by atoms with Gasteiger partial charge in [-0.25, -0.2) is 0 Å². The fourth-order valence-electron chi connectivity index (χ4n) is 3.52. The van der Waals surface area contributed by atoms with E-state index in [2.05, 4.69) is 10.2 Å². The van der Waals surface area contributed by atoms with Crippen LogP contribution in [0.25, 0.3) is 0 Å². The Morgan fingerprint density at radius 1 is 1.11 bits per heavy atom. The second-order valence-corrected chi connectivity index (χ2v) is 7.90. The van der Waals surface area contributed by atoms with Gasteiger partial charge in [-0.1, -0.05) is 6.42 Å². The highest BCUT2D eigenvalue weighted by Gasteiger charge is 2.25. The zero-order valence-electron chi connectivity index (χ0n) is 15.7. The van der Waals surface area contributed by atoms with Gasteiger partial charge in [0.15, 0.2) is 0 Å². The van der Waals surface area contributed by atoms with Gasteiger partial charge in [0.05, 0.1) is 37.0 Å². The number of hydrogen-bond donors (Lipinski definition) is 1. The van der Waals surface area contributed by atoms with Gasteiger partial charge in [0, 0.05) is 19.6 Å². The topological polar surface area (TPSA) is 75.0 Å². The molecule has 3 heterocycles. The van der Waals surface area contributed by atoms with Crippen molar-refractivity contribution >= 4 is 23.6 Å². The van der Waals surface area contributed by atoms with E-state index in [0.29, 0.717) is 44.4 Å². The van der Waals surface area contributed by atoms with E-state index in [1.54, 1.807) is 11.2 Å². The summed E-state index contributed by atoms with van der Waals surface area (Å²) in [5.41, 5.74) is 0. The van der Waals surface area contributed by atoms with Crippen molar-refractivity contribution < 1.29 is 18.7 Å². The van der Waals surface area contributed by atoms with Crippen LogP contribution in [-0.4, -0.2) is 79.1 Å². The molecule has 0 aromatic carbocycles. The molecule has 1 unspecified atom stereocenters. The van der Waals surface area contributed by atoms with Gasteiger partial charge < -0.3 is 19.4 Å². The minimum atomic E-state index is -0.0386. The summed E-state index contributed by atoms with van der Waals surface area (Å²) in [7, 11) is 0. The predicted octanol–water partition coefficient (Wildman–Crippen LogP) is 1.51. The number of morpholine rings is 1. The van der Waals surface area contributed by atoms with Gasteiger partial charge in [-0.05, 0) is 38.1 Å². The molecule has 2 fully saturated rings. The van der Waals surface area contributed by atoms with E-state index in [4.69, 9.17) is 9.15 Å². The third-order valence-corrected chi connectivity index (χ3v) is 5.94. The first-order chi connectivity index (χ1) is 13.2. The number of rotatable bonds is 8. The van der Waals surface area contributed by atoms with Crippen molar-refractivity contribution in [3.05, 3.63) is 24.2 Å². The highest BCUT2D eigenvalue weighted by Crippen LogP contribution is 2.24. The number of nitrogens with zero attached hydrogens (tertiary/aromatic N) is 2. The smallest absolute Gasteiger partial charge is 0.232 e. The quantitative estimate of drug-likeness (QED) is 0.719. The predicted molar refractivity (Wildman–Crippen MR) is 105 cm³/mol. The number of likely N-dealkylation sites (tertiary alicyclic amines) is 1. The summed E-state index contributed by atoms with van der Waals surface area (Å²) in [6, 6.07) is 3.94. The van der Waals surface area contributed by atoms with Crippen LogP contribution in [0.4, 0.5) is 0 Å². The molecule has 1 aromatic heterocycles. The number of thioether (sulfide) groups is 1. The molecule has 0 aliphatic carbocycles. The second kappa shape index (κ2) is 10.7. The SMILES string of the molecule is O=C(CSCC(=O)N1CCOCC1)NCC(c1ccco1)N1CCCCC1. The summed E-state index contributed by atoms with van der Waals surface area (Å²) in [6.45, 7) is 5.08. The molecule has 1 atom stereocenters. The first-order valence-corrected chi connectivity index (χ1v) is 10.9. The average Bonchev–Trinajstić information content (AvgIpc) is 3.24. The molecule has 0 bridgehead atoms. The summed E-state index contributed by atoms with van der Waals surface area (Å²) in [6.07, 6.45) is 5.32. The third-order valence-electron chi connectivity index (χ3n) is 5.02. The van der Waals surface area contributed by atoms with Gasteiger partial charge in [0.25, 0.3) is 0 Å². The summed E-state index contributed by atoms with van der Waals surface area (Å²) < 4.78 is 10.9. The molecule has 2 aliphatic rings. The van der Waals surface area contributed by atoms with Crippen LogP contribution in [0.5, 0.6) is 0 Å². The maximum Gasteiger partial charge on any atom is 0.232 e. The number of ether oxygens (including phenoxy) is 1. The van der Waals surface area contributed by atoms with Crippen LogP contribution < -0.4 is 5.32 Å². The summed E-state index contributed by atoms with van der Waals surface area (Å²) in [5, 5.41) is 3.02. The number of piperidine rings is 1. The minimum Gasteiger partial charge on any atom is -0.468 e. The lowest BCUT2D eigenvalue weighted by Gasteiger charge is -2.33. The van der Waals surface area contributed by atoms with Crippen LogP contribution in [-0.2, 0) is 14.3 Å². The molecule has 27 heavy (non-hydrogen) atoms. The van der Waals surface area contributed by atoms with Crippen LogP contribution in [0.3, 0.4) is 0 Å². The Bertz CT molecular complexity index is 584. The Morgan fingerprint density at radius 2 is 1.89 bits per heavy atom. The van der Waals surface area contributed by atoms with Crippen molar-refractivity contribution in [3.63, 3.8) is 0 Å². The van der Waals surface area contributed by atoms with Crippen molar-refractivity contribution in [2.24, 2.45) is 0 Å². The molecule has 150 valence electrons. The van der Waals surface area contributed by atoms with Gasteiger partial charge in [-0.2, -0.15) is 0 Å². The maximum atomic E-state index is 12.2. The van der Waals surface area contributed by atoms with Crippen LogP contribution in [0.15, 0.2) is 22.8 Å². The van der Waals surface area contributed by atoms with Crippen LogP contribution in [0.1, 0.15) is 31.1 Å². The number of carbonyl (C=O) groups excluding carboxylic acids is 2. The van der Waals surface area contributed by atoms with Gasteiger partial charge in [-0.15, -0.1) is 11.8 Å². The van der Waals surface area contributed by atoms with Crippen LogP contribution in [0.2, 0.25) is 0 Å². The highest BCUT2D eigenvalue weighted by atomic mass is 32.2. The Balaban J connectivity index is 1.40. The second-order valence-electron chi connectivity index (χ2n) is 6.92. The molecule has 7 nitrogen and oxygen atoms in total. The molecule has 2 saturated heterocycles. The fraction of sp³-hybridized carbons (Fsp3) is 0.684. The van der Waals surface area contributed by atoms with E-state index in [1.165, 1.54) is 31.0 Å². The average molecular weight is 396 g/mol. The third kappa shape index (κ3) is 6.26. The van der Waals surface area contributed by atoms with Gasteiger partial charge >= 0.3 is 0 Å². The van der Waals surface area contributed by atoms with Crippen molar-refractivity contribution in [2.45, 2.75) is 25.3 Å². The monoisotopic (exact) mass is 395 g/mol. The maximum absolute atomic E-state index is 12.2. The van der Waals surface area contributed by atoms with Crippen molar-refractivity contribution in [1.29, 1.82) is 0 Å². The number of amides is 2.